The number of hydrogen-bond acceptors (Lipinski definition) is 5. The third-order valence-corrected chi connectivity index (χ3v) is 1.16. The highest BCUT2D eigenvalue weighted by atomic mass is 16.4. The molecular formula is C5H12O5. The second kappa shape index (κ2) is 4.59. The minimum Gasteiger partial charge on any atom is -0.394 e. The zero-order valence-corrected chi connectivity index (χ0v) is 5.38. The molecule has 5 nitrogen and oxygen atoms in total. The summed E-state index contributed by atoms with van der Waals surface area (Å²) in [7, 11) is 0. The molecule has 0 unspecified atom stereocenters. The predicted octanol–water partition coefficient (Wildman–Crippen LogP) is -2.95. The Morgan fingerprint density at radius 2 is 1.10 bits per heavy atom. The van der Waals surface area contributed by atoms with Crippen LogP contribution in [-0.2, 0) is 0 Å². The van der Waals surface area contributed by atoms with Gasteiger partial charge in [0.1, 0.15) is 18.3 Å². The first-order valence-corrected chi connectivity index (χ1v) is 2.89. The molecule has 0 aliphatic carbocycles. The molecule has 0 aliphatic heterocycles. The van der Waals surface area contributed by atoms with Crippen molar-refractivity contribution < 1.29 is 25.5 Å². The maximum Gasteiger partial charge on any atom is 0.110 e. The van der Waals surface area contributed by atoms with Crippen molar-refractivity contribution in [2.24, 2.45) is 0 Å². The minimum absolute atomic E-state index is 0.641. The van der Waals surface area contributed by atoms with Crippen LogP contribution in [0.4, 0.5) is 0 Å². The Balaban J connectivity index is 3.69. The second-order valence-electron chi connectivity index (χ2n) is 1.99. The summed E-state index contributed by atoms with van der Waals surface area (Å²) in [6, 6.07) is 0. The van der Waals surface area contributed by atoms with Gasteiger partial charge in [0, 0.05) is 0 Å². The zero-order chi connectivity index (χ0) is 8.15. The van der Waals surface area contributed by atoms with Gasteiger partial charge < -0.3 is 25.5 Å². The molecule has 0 heterocycles. The molecule has 0 rings (SSSR count). The Morgan fingerprint density at radius 1 is 0.800 bits per heavy atom. The van der Waals surface area contributed by atoms with Crippen molar-refractivity contribution in [2.45, 2.75) is 18.3 Å². The number of aliphatic hydroxyl groups is 5. The van der Waals surface area contributed by atoms with Crippen LogP contribution < -0.4 is 0 Å². The third-order valence-electron chi connectivity index (χ3n) is 1.16. The number of aliphatic hydroxyl groups excluding tert-OH is 5. The maximum absolute atomic E-state index is 8.77. The lowest BCUT2D eigenvalue weighted by Gasteiger charge is -2.19. The Morgan fingerprint density at radius 3 is 1.30 bits per heavy atom. The number of rotatable bonds is 4. The topological polar surface area (TPSA) is 101 Å². The summed E-state index contributed by atoms with van der Waals surface area (Å²) in [5.41, 5.74) is 0. The molecule has 5 N–H and O–H groups in total. The van der Waals surface area contributed by atoms with Crippen LogP contribution in [0.15, 0.2) is 0 Å². The molecule has 62 valence electrons. The van der Waals surface area contributed by atoms with Crippen molar-refractivity contribution in [2.75, 3.05) is 13.2 Å². The van der Waals surface area contributed by atoms with Crippen molar-refractivity contribution in [1.82, 2.24) is 0 Å². The van der Waals surface area contributed by atoms with Crippen molar-refractivity contribution in [3.8, 4) is 0 Å². The van der Waals surface area contributed by atoms with Gasteiger partial charge in [0.2, 0.25) is 0 Å². The summed E-state index contributed by atoms with van der Waals surface area (Å²) in [6.45, 7) is -1.28. The number of hydrogen-bond donors (Lipinski definition) is 5. The van der Waals surface area contributed by atoms with E-state index in [4.69, 9.17) is 25.5 Å². The van der Waals surface area contributed by atoms with Crippen LogP contribution in [-0.4, -0.2) is 57.1 Å². The summed E-state index contributed by atoms with van der Waals surface area (Å²) < 4.78 is 0. The lowest BCUT2D eigenvalue weighted by Crippen LogP contribution is -2.41. The molecule has 0 bridgehead atoms. The molecular weight excluding hydrogens is 141 g/mol. The highest BCUT2D eigenvalue weighted by Gasteiger charge is 2.22. The fourth-order valence-electron chi connectivity index (χ4n) is 0.472. The fourth-order valence-corrected chi connectivity index (χ4v) is 0.472. The molecule has 0 aliphatic rings. The molecule has 0 amide bonds. The van der Waals surface area contributed by atoms with Gasteiger partial charge in [0.15, 0.2) is 0 Å². The van der Waals surface area contributed by atoms with E-state index in [1.807, 2.05) is 0 Å². The van der Waals surface area contributed by atoms with E-state index in [9.17, 15) is 0 Å². The molecule has 5 heteroatoms. The van der Waals surface area contributed by atoms with Crippen molar-refractivity contribution in [3.63, 3.8) is 0 Å². The van der Waals surface area contributed by atoms with Crippen LogP contribution in [0, 0.1) is 0 Å². The smallest absolute Gasteiger partial charge is 0.110 e. The summed E-state index contributed by atoms with van der Waals surface area (Å²) in [6.07, 6.45) is -4.29. The first kappa shape index (κ1) is 9.80. The van der Waals surface area contributed by atoms with E-state index in [1.165, 1.54) is 0 Å². The van der Waals surface area contributed by atoms with E-state index >= 15 is 0 Å². The van der Waals surface area contributed by atoms with Gasteiger partial charge in [0.05, 0.1) is 13.2 Å². The van der Waals surface area contributed by atoms with Gasteiger partial charge in [-0.1, -0.05) is 0 Å². The summed E-state index contributed by atoms with van der Waals surface area (Å²) >= 11 is 0. The quantitative estimate of drug-likeness (QED) is 0.278. The maximum atomic E-state index is 8.77. The molecule has 0 saturated heterocycles. The highest BCUT2D eigenvalue weighted by molar-refractivity contribution is 4.73. The average Bonchev–Trinajstić information content (AvgIpc) is 2.00. The summed E-state index contributed by atoms with van der Waals surface area (Å²) in [4.78, 5) is 0. The molecule has 0 spiro atoms. The first-order chi connectivity index (χ1) is 4.63. The van der Waals surface area contributed by atoms with E-state index in [-0.39, 0.29) is 0 Å². The van der Waals surface area contributed by atoms with E-state index in [1.54, 1.807) is 0 Å². The molecule has 0 saturated carbocycles. The van der Waals surface area contributed by atoms with Crippen LogP contribution in [0.1, 0.15) is 0 Å². The zero-order valence-electron chi connectivity index (χ0n) is 5.38. The fraction of sp³-hybridized carbons (Fsp3) is 1.00. The van der Waals surface area contributed by atoms with Gasteiger partial charge in [-0.3, -0.25) is 0 Å². The van der Waals surface area contributed by atoms with Gasteiger partial charge in [-0.05, 0) is 0 Å². The third kappa shape index (κ3) is 2.59. The Hall–Kier alpha value is -0.200. The van der Waals surface area contributed by atoms with Crippen molar-refractivity contribution in [1.29, 1.82) is 0 Å². The van der Waals surface area contributed by atoms with Crippen LogP contribution in [0.25, 0.3) is 0 Å². The molecule has 0 fully saturated rings. The monoisotopic (exact) mass is 153 g/mol. The van der Waals surface area contributed by atoms with Crippen molar-refractivity contribution in [3.05, 3.63) is 0 Å². The lowest BCUT2D eigenvalue weighted by atomic mass is 10.2. The molecule has 0 aromatic carbocycles. The van der Waals surface area contributed by atoms with Crippen molar-refractivity contribution >= 4 is 0 Å². The predicted molar refractivity (Wildman–Crippen MR) is 32.2 cm³/mol. The first-order valence-electron chi connectivity index (χ1n) is 2.89. The largest absolute Gasteiger partial charge is 0.394 e. The average molecular weight is 153 g/mol. The minimum atomic E-state index is -1.49. The summed E-state index contributed by atoms with van der Waals surface area (Å²) in [5.74, 6) is 0. The lowest BCUT2D eigenvalue weighted by molar-refractivity contribution is -0.0900. The standard InChI is InChI=1S/C5H12O5/c6-1-3(8)5(10)4(9)2-7/h3-10H,1-2H2/t3-,4-/m1/s1/i1+1/t3-,4-,5+. The van der Waals surface area contributed by atoms with Gasteiger partial charge in [-0.25, -0.2) is 0 Å². The summed E-state index contributed by atoms with van der Waals surface area (Å²) in [5, 5.41) is 42.6. The SMILES string of the molecule is OC[C@@H](O)[C@@H](O)[C@H](O)[13CH2]O. The second-order valence-corrected chi connectivity index (χ2v) is 1.99. The van der Waals surface area contributed by atoms with Crippen LogP contribution in [0.3, 0.4) is 0 Å². The van der Waals surface area contributed by atoms with E-state index < -0.39 is 31.5 Å². The molecule has 3 atom stereocenters. The molecule has 0 aromatic heterocycles. The Labute approximate surface area is 58.2 Å². The van der Waals surface area contributed by atoms with Crippen LogP contribution in [0.5, 0.6) is 0 Å². The van der Waals surface area contributed by atoms with Crippen LogP contribution >= 0.6 is 0 Å². The van der Waals surface area contributed by atoms with E-state index in [0.717, 1.165) is 0 Å². The molecule has 10 heavy (non-hydrogen) atoms. The normalized spacial score (nSPS) is 20.1. The highest BCUT2D eigenvalue weighted by Crippen LogP contribution is 1.97. The van der Waals surface area contributed by atoms with Crippen LogP contribution in [0.2, 0.25) is 0 Å². The Kier molecular flexibility index (Phi) is 4.50. The van der Waals surface area contributed by atoms with E-state index in [0.29, 0.717) is 0 Å². The van der Waals surface area contributed by atoms with E-state index in [2.05, 4.69) is 0 Å². The van der Waals surface area contributed by atoms with Gasteiger partial charge in [-0.2, -0.15) is 0 Å². The molecule has 0 aromatic rings. The molecule has 0 radical (unpaired) electrons. The van der Waals surface area contributed by atoms with Gasteiger partial charge in [0.25, 0.3) is 0 Å². The van der Waals surface area contributed by atoms with Gasteiger partial charge >= 0.3 is 0 Å². The van der Waals surface area contributed by atoms with Gasteiger partial charge in [-0.15, -0.1) is 0 Å². The Bertz CT molecular complexity index is 76.1.